The van der Waals surface area contributed by atoms with Crippen molar-refractivity contribution >= 4 is 75.7 Å². The lowest BCUT2D eigenvalue weighted by atomic mass is 10.1. The van der Waals surface area contributed by atoms with E-state index < -0.39 is 11.9 Å². The maximum atomic E-state index is 12.2. The molecule has 1 rings (SSSR count). The molecule has 0 atom stereocenters. The molecule has 1 aromatic carbocycles. The van der Waals surface area contributed by atoms with Crippen molar-refractivity contribution in [1.29, 1.82) is 0 Å². The van der Waals surface area contributed by atoms with E-state index in [1.807, 2.05) is 6.92 Å². The quantitative estimate of drug-likeness (QED) is 0.211. The van der Waals surface area contributed by atoms with Crippen LogP contribution in [0.5, 0.6) is 0 Å². The third kappa shape index (κ3) is 4.53. The van der Waals surface area contributed by atoms with Crippen LogP contribution >= 0.6 is 63.7 Å². The molecule has 0 bridgehead atoms. The Bertz CT molecular complexity index is 572. The van der Waals surface area contributed by atoms with Gasteiger partial charge in [-0.2, -0.15) is 0 Å². The van der Waals surface area contributed by atoms with Crippen LogP contribution in [0.3, 0.4) is 0 Å². The third-order valence-electron chi connectivity index (χ3n) is 2.67. The van der Waals surface area contributed by atoms with Crippen molar-refractivity contribution in [3.63, 3.8) is 0 Å². The number of ether oxygens (including phenoxy) is 1. The molecule has 8 heteroatoms. The molecule has 0 heterocycles. The van der Waals surface area contributed by atoms with E-state index in [-0.39, 0.29) is 22.2 Å². The predicted molar refractivity (Wildman–Crippen MR) is 94.0 cm³/mol. The number of rotatable bonds is 6. The molecule has 0 aliphatic heterocycles. The molecule has 116 valence electrons. The van der Waals surface area contributed by atoms with Crippen LogP contribution in [0.15, 0.2) is 17.9 Å². The first kappa shape index (κ1) is 19.1. The highest BCUT2D eigenvalue weighted by Gasteiger charge is 2.28. The molecule has 0 fully saturated rings. The smallest absolute Gasteiger partial charge is 0.340 e. The SMILES string of the molecule is CCCCCOC(=O)c1c(Br)c(Br)c(Br)c(Br)c1C(=O)O. The van der Waals surface area contributed by atoms with Crippen molar-refractivity contribution < 1.29 is 19.4 Å². The summed E-state index contributed by atoms with van der Waals surface area (Å²) in [6.07, 6.45) is 2.71. The van der Waals surface area contributed by atoms with Crippen LogP contribution in [0.25, 0.3) is 0 Å². The van der Waals surface area contributed by atoms with Crippen molar-refractivity contribution in [3.8, 4) is 0 Å². The summed E-state index contributed by atoms with van der Waals surface area (Å²) >= 11 is 13.0. The average molecular weight is 552 g/mol. The molecule has 0 aliphatic carbocycles. The standard InChI is InChI=1S/C13H12Br4O4/c1-2-3-4-5-21-13(20)7-6(12(18)19)8(14)10(16)11(17)9(7)15/h2-5H2,1H3,(H,18,19). The van der Waals surface area contributed by atoms with Gasteiger partial charge in [0.15, 0.2) is 0 Å². The second-order valence-corrected chi connectivity index (χ2v) is 7.33. The first-order chi connectivity index (χ1) is 9.82. The molecule has 0 radical (unpaired) electrons. The molecule has 1 aromatic rings. The van der Waals surface area contributed by atoms with E-state index in [9.17, 15) is 14.7 Å². The molecule has 0 amide bonds. The Balaban J connectivity index is 3.21. The zero-order chi connectivity index (χ0) is 16.2. The van der Waals surface area contributed by atoms with E-state index in [0.29, 0.717) is 13.4 Å². The molecule has 0 saturated carbocycles. The molecule has 0 aliphatic rings. The van der Waals surface area contributed by atoms with Gasteiger partial charge < -0.3 is 9.84 Å². The Morgan fingerprint density at radius 2 is 1.48 bits per heavy atom. The van der Waals surface area contributed by atoms with Gasteiger partial charge in [-0.05, 0) is 70.1 Å². The normalized spacial score (nSPS) is 10.5. The van der Waals surface area contributed by atoms with Gasteiger partial charge in [0.2, 0.25) is 0 Å². The summed E-state index contributed by atoms with van der Waals surface area (Å²) in [4.78, 5) is 23.6. The van der Waals surface area contributed by atoms with Gasteiger partial charge >= 0.3 is 11.9 Å². The number of hydrogen-bond acceptors (Lipinski definition) is 3. The minimum Gasteiger partial charge on any atom is -0.478 e. The number of carboxylic acid groups (broad SMARTS) is 1. The van der Waals surface area contributed by atoms with Crippen molar-refractivity contribution in [3.05, 3.63) is 29.0 Å². The number of esters is 1. The van der Waals surface area contributed by atoms with Crippen LogP contribution in [0, 0.1) is 0 Å². The minimum absolute atomic E-state index is 0.0130. The highest BCUT2D eigenvalue weighted by Crippen LogP contribution is 2.42. The number of carbonyl (C=O) groups excluding carboxylic acids is 1. The van der Waals surface area contributed by atoms with Crippen molar-refractivity contribution in [2.75, 3.05) is 6.61 Å². The zero-order valence-corrected chi connectivity index (χ0v) is 17.4. The van der Waals surface area contributed by atoms with Gasteiger partial charge in [-0.3, -0.25) is 0 Å². The number of unbranched alkanes of at least 4 members (excludes halogenated alkanes) is 2. The number of benzene rings is 1. The van der Waals surface area contributed by atoms with Crippen LogP contribution in [-0.4, -0.2) is 23.7 Å². The lowest BCUT2D eigenvalue weighted by molar-refractivity contribution is 0.0486. The minimum atomic E-state index is -1.21. The first-order valence-corrected chi connectivity index (χ1v) is 9.26. The van der Waals surface area contributed by atoms with E-state index >= 15 is 0 Å². The Morgan fingerprint density at radius 1 is 0.952 bits per heavy atom. The summed E-state index contributed by atoms with van der Waals surface area (Å²) in [7, 11) is 0. The predicted octanol–water partition coefficient (Wildman–Crippen LogP) is 5.78. The first-order valence-electron chi connectivity index (χ1n) is 6.09. The zero-order valence-electron chi connectivity index (χ0n) is 11.0. The Morgan fingerprint density at radius 3 is 1.95 bits per heavy atom. The van der Waals surface area contributed by atoms with E-state index in [2.05, 4.69) is 63.7 Å². The van der Waals surface area contributed by atoms with Crippen LogP contribution < -0.4 is 0 Å². The van der Waals surface area contributed by atoms with E-state index in [1.54, 1.807) is 0 Å². The van der Waals surface area contributed by atoms with Gasteiger partial charge in [0, 0.05) is 17.9 Å². The van der Waals surface area contributed by atoms with Crippen molar-refractivity contribution in [2.24, 2.45) is 0 Å². The second kappa shape index (κ2) is 8.64. The van der Waals surface area contributed by atoms with Gasteiger partial charge in [-0.1, -0.05) is 19.8 Å². The van der Waals surface area contributed by atoms with Crippen LogP contribution in [-0.2, 0) is 4.74 Å². The lowest BCUT2D eigenvalue weighted by Crippen LogP contribution is -2.15. The molecule has 1 N–H and O–H groups in total. The average Bonchev–Trinajstić information content (AvgIpc) is 2.44. The maximum absolute atomic E-state index is 12.2. The second-order valence-electron chi connectivity index (χ2n) is 4.15. The van der Waals surface area contributed by atoms with Gasteiger partial charge in [0.1, 0.15) is 0 Å². The lowest BCUT2D eigenvalue weighted by Gasteiger charge is -2.14. The van der Waals surface area contributed by atoms with E-state index in [1.165, 1.54) is 0 Å². The summed E-state index contributed by atoms with van der Waals surface area (Å²) in [6, 6.07) is 0. The maximum Gasteiger partial charge on any atom is 0.340 e. The number of hydrogen-bond donors (Lipinski definition) is 1. The summed E-state index contributed by atoms with van der Waals surface area (Å²) in [5.74, 6) is -1.87. The van der Waals surface area contributed by atoms with Gasteiger partial charge in [0.05, 0.1) is 17.7 Å². The molecular formula is C13H12Br4O4. The van der Waals surface area contributed by atoms with Gasteiger partial charge in [-0.25, -0.2) is 9.59 Å². The van der Waals surface area contributed by atoms with Gasteiger partial charge in [0.25, 0.3) is 0 Å². The monoisotopic (exact) mass is 548 g/mol. The van der Waals surface area contributed by atoms with Crippen LogP contribution in [0.4, 0.5) is 0 Å². The Hall–Kier alpha value is 0.0800. The number of carboxylic acids is 1. The molecule has 21 heavy (non-hydrogen) atoms. The highest BCUT2D eigenvalue weighted by atomic mass is 79.9. The fraction of sp³-hybridized carbons (Fsp3) is 0.385. The summed E-state index contributed by atoms with van der Waals surface area (Å²) < 4.78 is 6.84. The fourth-order valence-corrected chi connectivity index (χ4v) is 4.06. The molecule has 0 saturated heterocycles. The fourth-order valence-electron chi connectivity index (χ4n) is 1.61. The molecule has 0 aromatic heterocycles. The molecule has 0 spiro atoms. The Labute approximate surface area is 156 Å². The summed E-state index contributed by atoms with van der Waals surface area (Å²) in [6.45, 7) is 2.31. The van der Waals surface area contributed by atoms with Crippen molar-refractivity contribution in [1.82, 2.24) is 0 Å². The van der Waals surface area contributed by atoms with Crippen molar-refractivity contribution in [2.45, 2.75) is 26.2 Å². The largest absolute Gasteiger partial charge is 0.478 e. The topological polar surface area (TPSA) is 63.6 Å². The molecular weight excluding hydrogens is 540 g/mol. The Kier molecular flexibility index (Phi) is 7.87. The summed E-state index contributed by atoms with van der Waals surface area (Å²) in [5.41, 5.74) is -0.154. The highest BCUT2D eigenvalue weighted by molar-refractivity contribution is 9.15. The van der Waals surface area contributed by atoms with Gasteiger partial charge in [-0.15, -0.1) is 0 Å². The van der Waals surface area contributed by atoms with E-state index in [4.69, 9.17) is 4.74 Å². The van der Waals surface area contributed by atoms with Crippen LogP contribution in [0.1, 0.15) is 46.9 Å². The number of halogens is 4. The summed E-state index contributed by atoms with van der Waals surface area (Å²) in [5, 5.41) is 9.35. The number of carbonyl (C=O) groups is 2. The number of aromatic carboxylic acids is 1. The van der Waals surface area contributed by atoms with Crippen LogP contribution in [0.2, 0.25) is 0 Å². The molecule has 4 nitrogen and oxygen atoms in total. The third-order valence-corrected chi connectivity index (χ3v) is 7.43. The molecule has 0 unspecified atom stereocenters. The van der Waals surface area contributed by atoms with E-state index in [0.717, 1.165) is 19.3 Å².